The number of para-hydroxylation sites is 1. The van der Waals surface area contributed by atoms with E-state index in [9.17, 15) is 4.79 Å². The quantitative estimate of drug-likeness (QED) is 0.654. The van der Waals surface area contributed by atoms with E-state index in [4.69, 9.17) is 10.5 Å². The molecular formula is C15H16N2O2. The van der Waals surface area contributed by atoms with Crippen LogP contribution in [0.5, 0.6) is 0 Å². The van der Waals surface area contributed by atoms with Crippen LogP contribution in [0.25, 0.3) is 0 Å². The van der Waals surface area contributed by atoms with E-state index in [1.54, 1.807) is 12.1 Å². The first-order chi connectivity index (χ1) is 9.11. The summed E-state index contributed by atoms with van der Waals surface area (Å²) in [6.07, 6.45) is 0. The molecule has 0 saturated carbocycles. The molecule has 0 amide bonds. The van der Waals surface area contributed by atoms with E-state index in [1.807, 2.05) is 37.3 Å². The summed E-state index contributed by atoms with van der Waals surface area (Å²) in [6, 6.07) is 13.1. The highest BCUT2D eigenvalue weighted by Gasteiger charge is 2.12. The minimum atomic E-state index is -0.440. The molecule has 4 nitrogen and oxygen atoms in total. The van der Waals surface area contributed by atoms with Gasteiger partial charge in [-0.3, -0.25) is 0 Å². The van der Waals surface area contributed by atoms with Gasteiger partial charge < -0.3 is 15.8 Å². The fourth-order valence-electron chi connectivity index (χ4n) is 1.75. The van der Waals surface area contributed by atoms with Gasteiger partial charge in [0, 0.05) is 5.69 Å². The molecule has 2 aromatic carbocycles. The predicted molar refractivity (Wildman–Crippen MR) is 76.7 cm³/mol. The number of esters is 1. The van der Waals surface area contributed by atoms with Crippen LogP contribution in [-0.2, 0) is 4.74 Å². The van der Waals surface area contributed by atoms with E-state index in [1.165, 1.54) is 12.7 Å². The number of hydrogen-bond acceptors (Lipinski definition) is 4. The SMILES string of the molecule is COC(=O)c1cccc(Nc2ccc(C)cc2)c1N. The van der Waals surface area contributed by atoms with Crippen molar-refractivity contribution >= 4 is 23.0 Å². The Morgan fingerprint density at radius 1 is 1.16 bits per heavy atom. The van der Waals surface area contributed by atoms with Crippen molar-refractivity contribution in [2.45, 2.75) is 6.92 Å². The zero-order valence-corrected chi connectivity index (χ0v) is 10.9. The number of rotatable bonds is 3. The van der Waals surface area contributed by atoms with E-state index in [0.717, 1.165) is 5.69 Å². The van der Waals surface area contributed by atoms with Gasteiger partial charge in [-0.1, -0.05) is 23.8 Å². The summed E-state index contributed by atoms with van der Waals surface area (Å²) in [7, 11) is 1.34. The van der Waals surface area contributed by atoms with Crippen molar-refractivity contribution in [1.29, 1.82) is 0 Å². The summed E-state index contributed by atoms with van der Waals surface area (Å²) in [5, 5.41) is 3.19. The predicted octanol–water partition coefficient (Wildman–Crippen LogP) is 3.11. The molecule has 0 radical (unpaired) electrons. The Balaban J connectivity index is 2.30. The largest absolute Gasteiger partial charge is 0.465 e. The van der Waals surface area contributed by atoms with E-state index in [0.29, 0.717) is 16.9 Å². The van der Waals surface area contributed by atoms with E-state index in [2.05, 4.69) is 5.32 Å². The lowest BCUT2D eigenvalue weighted by Crippen LogP contribution is -2.07. The number of benzene rings is 2. The van der Waals surface area contributed by atoms with Crippen LogP contribution in [0.3, 0.4) is 0 Å². The average Bonchev–Trinajstić information content (AvgIpc) is 2.43. The highest BCUT2D eigenvalue weighted by molar-refractivity contribution is 5.98. The molecule has 0 spiro atoms. The zero-order chi connectivity index (χ0) is 13.8. The van der Waals surface area contributed by atoms with Crippen LogP contribution in [0.2, 0.25) is 0 Å². The molecule has 19 heavy (non-hydrogen) atoms. The van der Waals surface area contributed by atoms with E-state index < -0.39 is 5.97 Å². The molecule has 0 aromatic heterocycles. The smallest absolute Gasteiger partial charge is 0.340 e. The first-order valence-electron chi connectivity index (χ1n) is 5.92. The van der Waals surface area contributed by atoms with Gasteiger partial charge in [-0.2, -0.15) is 0 Å². The maximum Gasteiger partial charge on any atom is 0.340 e. The summed E-state index contributed by atoms with van der Waals surface area (Å²) in [6.45, 7) is 2.02. The number of nitrogens with two attached hydrogens (primary N) is 1. The lowest BCUT2D eigenvalue weighted by molar-refractivity contribution is 0.0602. The molecule has 0 saturated heterocycles. The Labute approximate surface area is 112 Å². The fraction of sp³-hybridized carbons (Fsp3) is 0.133. The standard InChI is InChI=1S/C15H16N2O2/c1-10-6-8-11(9-7-10)17-13-5-3-4-12(14(13)16)15(18)19-2/h3-9,17H,16H2,1-2H3. The second-order valence-corrected chi connectivity index (χ2v) is 4.25. The number of nitrogen functional groups attached to an aromatic ring is 1. The van der Waals surface area contributed by atoms with Crippen molar-refractivity contribution in [3.63, 3.8) is 0 Å². The van der Waals surface area contributed by atoms with Gasteiger partial charge in [0.05, 0.1) is 24.0 Å². The minimum absolute atomic E-state index is 0.361. The normalized spacial score (nSPS) is 10.0. The number of aryl methyl sites for hydroxylation is 1. The first-order valence-corrected chi connectivity index (χ1v) is 5.92. The van der Waals surface area contributed by atoms with Crippen LogP contribution >= 0.6 is 0 Å². The minimum Gasteiger partial charge on any atom is -0.465 e. The Morgan fingerprint density at radius 3 is 2.47 bits per heavy atom. The Hall–Kier alpha value is -2.49. The van der Waals surface area contributed by atoms with Crippen molar-refractivity contribution in [2.75, 3.05) is 18.2 Å². The van der Waals surface area contributed by atoms with Gasteiger partial charge in [-0.15, -0.1) is 0 Å². The number of hydrogen-bond donors (Lipinski definition) is 2. The lowest BCUT2D eigenvalue weighted by Gasteiger charge is -2.12. The van der Waals surface area contributed by atoms with Crippen molar-refractivity contribution in [3.05, 3.63) is 53.6 Å². The third-order valence-electron chi connectivity index (χ3n) is 2.84. The molecule has 0 heterocycles. The second-order valence-electron chi connectivity index (χ2n) is 4.25. The number of methoxy groups -OCH3 is 1. The molecule has 0 fully saturated rings. The molecule has 0 aliphatic heterocycles. The van der Waals surface area contributed by atoms with Gasteiger partial charge in [-0.05, 0) is 31.2 Å². The van der Waals surface area contributed by atoms with E-state index in [-0.39, 0.29) is 0 Å². The maximum atomic E-state index is 11.6. The van der Waals surface area contributed by atoms with Crippen LogP contribution < -0.4 is 11.1 Å². The average molecular weight is 256 g/mol. The molecule has 0 unspecified atom stereocenters. The van der Waals surface area contributed by atoms with E-state index >= 15 is 0 Å². The Bertz CT molecular complexity index is 592. The molecule has 0 aliphatic rings. The van der Waals surface area contributed by atoms with Gasteiger partial charge in [0.25, 0.3) is 0 Å². The number of anilines is 3. The van der Waals surface area contributed by atoms with Crippen LogP contribution in [0.15, 0.2) is 42.5 Å². The topological polar surface area (TPSA) is 64.3 Å². The van der Waals surface area contributed by atoms with Gasteiger partial charge in [-0.25, -0.2) is 4.79 Å². The molecule has 98 valence electrons. The summed E-state index contributed by atoms with van der Waals surface area (Å²) >= 11 is 0. The maximum absolute atomic E-state index is 11.6. The molecular weight excluding hydrogens is 240 g/mol. The van der Waals surface area contributed by atoms with Crippen molar-refractivity contribution in [2.24, 2.45) is 0 Å². The molecule has 4 heteroatoms. The van der Waals surface area contributed by atoms with Crippen LogP contribution in [0.4, 0.5) is 17.1 Å². The summed E-state index contributed by atoms with van der Waals surface area (Å²) in [5.74, 6) is -0.440. The van der Waals surface area contributed by atoms with Gasteiger partial charge >= 0.3 is 5.97 Å². The van der Waals surface area contributed by atoms with Crippen LogP contribution in [0, 0.1) is 6.92 Å². The molecule has 2 aromatic rings. The number of carbonyl (C=O) groups is 1. The van der Waals surface area contributed by atoms with Gasteiger partial charge in [0.1, 0.15) is 0 Å². The number of nitrogens with one attached hydrogen (secondary N) is 1. The highest BCUT2D eigenvalue weighted by atomic mass is 16.5. The monoisotopic (exact) mass is 256 g/mol. The Kier molecular flexibility index (Phi) is 3.71. The summed E-state index contributed by atoms with van der Waals surface area (Å²) in [5.41, 5.74) is 9.50. The third kappa shape index (κ3) is 2.85. The third-order valence-corrected chi connectivity index (χ3v) is 2.84. The van der Waals surface area contributed by atoms with Crippen molar-refractivity contribution < 1.29 is 9.53 Å². The van der Waals surface area contributed by atoms with Crippen molar-refractivity contribution in [1.82, 2.24) is 0 Å². The number of ether oxygens (including phenoxy) is 1. The molecule has 0 bridgehead atoms. The fourth-order valence-corrected chi connectivity index (χ4v) is 1.75. The number of carbonyl (C=O) groups excluding carboxylic acids is 1. The molecule has 2 rings (SSSR count). The zero-order valence-electron chi connectivity index (χ0n) is 10.9. The van der Waals surface area contributed by atoms with Crippen LogP contribution in [-0.4, -0.2) is 13.1 Å². The highest BCUT2D eigenvalue weighted by Crippen LogP contribution is 2.26. The van der Waals surface area contributed by atoms with Crippen LogP contribution in [0.1, 0.15) is 15.9 Å². The molecule has 3 N–H and O–H groups in total. The lowest BCUT2D eigenvalue weighted by atomic mass is 10.1. The van der Waals surface area contributed by atoms with Crippen molar-refractivity contribution in [3.8, 4) is 0 Å². The first kappa shape index (κ1) is 13.0. The Morgan fingerprint density at radius 2 is 1.84 bits per heavy atom. The molecule has 0 atom stereocenters. The van der Waals surface area contributed by atoms with Gasteiger partial charge in [0.2, 0.25) is 0 Å². The van der Waals surface area contributed by atoms with Gasteiger partial charge in [0.15, 0.2) is 0 Å². The molecule has 0 aliphatic carbocycles. The summed E-state index contributed by atoms with van der Waals surface area (Å²) < 4.78 is 4.69. The second kappa shape index (κ2) is 5.44. The summed E-state index contributed by atoms with van der Waals surface area (Å²) in [4.78, 5) is 11.6.